The molecule has 9 heteroatoms. The van der Waals surface area contributed by atoms with E-state index in [2.05, 4.69) is 16.0 Å². The molecule has 6 nitrogen and oxygen atoms in total. The number of nitrogens with one attached hydrogen (secondary N) is 3. The molecule has 1 saturated heterocycles. The summed E-state index contributed by atoms with van der Waals surface area (Å²) in [6.45, 7) is -0.0355. The topological polar surface area (TPSA) is 87.3 Å². The monoisotopic (exact) mass is 397 g/mol. The van der Waals surface area contributed by atoms with Crippen LogP contribution in [0.15, 0.2) is 12.1 Å². The minimum absolute atomic E-state index is 0.0355. The minimum atomic E-state index is -0.876. The van der Waals surface area contributed by atoms with Crippen LogP contribution in [-0.2, 0) is 9.59 Å². The Bertz CT molecular complexity index is 830. The molecular weight excluding hydrogens is 380 g/mol. The molecular formula is C18H18ClF2N3O3. The normalized spacial score (nSPS) is 30.2. The zero-order valence-corrected chi connectivity index (χ0v) is 15.0. The average molecular weight is 398 g/mol. The van der Waals surface area contributed by atoms with Crippen LogP contribution >= 0.6 is 11.6 Å². The fourth-order valence-corrected chi connectivity index (χ4v) is 4.58. The number of hydrogen-bond acceptors (Lipinski definition) is 3. The summed E-state index contributed by atoms with van der Waals surface area (Å²) < 4.78 is 29.1. The van der Waals surface area contributed by atoms with Crippen molar-refractivity contribution in [2.24, 2.45) is 17.3 Å². The highest BCUT2D eigenvalue weighted by Gasteiger charge is 2.62. The molecule has 1 aromatic carbocycles. The summed E-state index contributed by atoms with van der Waals surface area (Å²) in [6.07, 6.45) is 2.16. The van der Waals surface area contributed by atoms with Gasteiger partial charge in [-0.3, -0.25) is 14.9 Å². The van der Waals surface area contributed by atoms with E-state index >= 15 is 0 Å². The molecule has 1 heterocycles. The molecule has 144 valence electrons. The lowest BCUT2D eigenvalue weighted by Gasteiger charge is -2.65. The molecule has 4 fully saturated rings. The summed E-state index contributed by atoms with van der Waals surface area (Å²) in [6, 6.07) is 0.695. The largest absolute Gasteiger partial charge is 0.348 e. The van der Waals surface area contributed by atoms with Crippen LogP contribution in [0.4, 0.5) is 13.6 Å². The third-order valence-corrected chi connectivity index (χ3v) is 6.21. The van der Waals surface area contributed by atoms with Crippen molar-refractivity contribution in [1.29, 1.82) is 0 Å². The summed E-state index contributed by atoms with van der Waals surface area (Å²) in [5, 5.41) is 7.05. The van der Waals surface area contributed by atoms with Gasteiger partial charge in [-0.1, -0.05) is 11.6 Å². The molecule has 4 amide bonds. The van der Waals surface area contributed by atoms with Crippen molar-refractivity contribution >= 4 is 29.4 Å². The zero-order valence-electron chi connectivity index (χ0n) is 14.3. The van der Waals surface area contributed by atoms with Gasteiger partial charge in [0.05, 0.1) is 17.0 Å². The Labute approximate surface area is 159 Å². The third-order valence-electron chi connectivity index (χ3n) is 5.92. The van der Waals surface area contributed by atoms with E-state index in [-0.39, 0.29) is 29.0 Å². The smallest absolute Gasteiger partial charge is 0.321 e. The highest BCUT2D eigenvalue weighted by molar-refractivity contribution is 6.30. The molecule has 0 radical (unpaired) electrons. The second kappa shape index (κ2) is 6.44. The Morgan fingerprint density at radius 2 is 1.96 bits per heavy atom. The number of carbonyl (C=O) groups excluding carboxylic acids is 3. The molecule has 3 aliphatic carbocycles. The molecule has 4 aliphatic rings. The fraction of sp³-hybridized carbons (Fsp3) is 0.500. The predicted molar refractivity (Wildman–Crippen MR) is 91.7 cm³/mol. The van der Waals surface area contributed by atoms with Crippen molar-refractivity contribution in [3.63, 3.8) is 0 Å². The van der Waals surface area contributed by atoms with Crippen LogP contribution in [0, 0.1) is 28.9 Å². The zero-order chi connectivity index (χ0) is 19.3. The Hall–Kier alpha value is -2.22. The van der Waals surface area contributed by atoms with Crippen molar-refractivity contribution < 1.29 is 23.2 Å². The molecule has 2 atom stereocenters. The Balaban J connectivity index is 1.61. The number of hydrogen-bond donors (Lipinski definition) is 3. The van der Waals surface area contributed by atoms with Gasteiger partial charge in [0, 0.05) is 18.5 Å². The summed E-state index contributed by atoms with van der Waals surface area (Å²) in [5.74, 6) is -3.04. The summed E-state index contributed by atoms with van der Waals surface area (Å²) in [5.41, 5.74) is -0.626. The van der Waals surface area contributed by atoms with Crippen LogP contribution in [-0.4, -0.2) is 24.4 Å². The molecule has 1 unspecified atom stereocenters. The first kappa shape index (κ1) is 18.2. The van der Waals surface area contributed by atoms with E-state index < -0.39 is 41.4 Å². The van der Waals surface area contributed by atoms with Crippen molar-refractivity contribution in [3.05, 3.63) is 34.4 Å². The summed E-state index contributed by atoms with van der Waals surface area (Å²) in [7, 11) is 0. The van der Waals surface area contributed by atoms with Crippen LogP contribution in [0.2, 0.25) is 5.02 Å². The molecule has 2 bridgehead atoms. The van der Waals surface area contributed by atoms with Gasteiger partial charge in [0.15, 0.2) is 0 Å². The van der Waals surface area contributed by atoms with Crippen LogP contribution in [0.5, 0.6) is 0 Å². The van der Waals surface area contributed by atoms with Gasteiger partial charge in [-0.05, 0) is 42.7 Å². The SMILES string of the molecule is O=C1C[C@H](C(=O)NC(c2c(F)ccc(Cl)c2F)C23CC(C2)C3)CNC(=O)N1. The lowest BCUT2D eigenvalue weighted by molar-refractivity contribution is -0.149. The van der Waals surface area contributed by atoms with Gasteiger partial charge in [-0.2, -0.15) is 0 Å². The van der Waals surface area contributed by atoms with Crippen LogP contribution in [0.1, 0.15) is 37.3 Å². The molecule has 5 rings (SSSR count). The molecule has 27 heavy (non-hydrogen) atoms. The number of urea groups is 1. The number of carbonyl (C=O) groups is 3. The summed E-state index contributed by atoms with van der Waals surface area (Å²) >= 11 is 5.84. The van der Waals surface area contributed by atoms with Crippen molar-refractivity contribution in [3.8, 4) is 0 Å². The van der Waals surface area contributed by atoms with E-state index in [9.17, 15) is 23.2 Å². The number of benzene rings is 1. The maximum atomic E-state index is 14.6. The maximum absolute atomic E-state index is 14.6. The van der Waals surface area contributed by atoms with Crippen LogP contribution < -0.4 is 16.0 Å². The van der Waals surface area contributed by atoms with Gasteiger partial charge in [-0.25, -0.2) is 13.6 Å². The maximum Gasteiger partial charge on any atom is 0.321 e. The fourth-order valence-electron chi connectivity index (χ4n) is 4.42. The number of rotatable bonds is 4. The van der Waals surface area contributed by atoms with E-state index in [1.807, 2.05) is 0 Å². The van der Waals surface area contributed by atoms with Crippen LogP contribution in [0.3, 0.4) is 0 Å². The second-order valence-electron chi connectivity index (χ2n) is 7.70. The standard InChI is InChI=1S/C18H18ClF2N3O3/c19-10-1-2-11(20)13(14(10)21)15(18-4-8(5-18)6-18)24-16(26)9-3-12(25)23-17(27)22-7-9/h1-2,8-9,15H,3-7H2,(H,24,26)(H2,22,23,25,27)/t8?,9-,15?,18?/m0/s1. The highest BCUT2D eigenvalue weighted by Crippen LogP contribution is 2.70. The lowest BCUT2D eigenvalue weighted by Crippen LogP contribution is -2.60. The summed E-state index contributed by atoms with van der Waals surface area (Å²) in [4.78, 5) is 35.8. The van der Waals surface area contributed by atoms with Crippen LogP contribution in [0.25, 0.3) is 0 Å². The predicted octanol–water partition coefficient (Wildman–Crippen LogP) is 2.42. The lowest BCUT2D eigenvalue weighted by atomic mass is 9.41. The molecule has 3 N–H and O–H groups in total. The first-order valence-corrected chi connectivity index (χ1v) is 9.18. The Kier molecular flexibility index (Phi) is 4.33. The molecule has 0 aromatic heterocycles. The molecule has 1 aliphatic heterocycles. The van der Waals surface area contributed by atoms with Crippen molar-refractivity contribution in [2.75, 3.05) is 6.54 Å². The second-order valence-corrected chi connectivity index (χ2v) is 8.11. The van der Waals surface area contributed by atoms with E-state index in [0.717, 1.165) is 31.4 Å². The number of amides is 4. The first-order chi connectivity index (χ1) is 12.8. The Morgan fingerprint density at radius 3 is 2.59 bits per heavy atom. The van der Waals surface area contributed by atoms with Gasteiger partial charge >= 0.3 is 6.03 Å². The number of halogens is 3. The van der Waals surface area contributed by atoms with Gasteiger partial charge in [-0.15, -0.1) is 0 Å². The molecule has 0 spiro atoms. The first-order valence-electron chi connectivity index (χ1n) is 8.80. The average Bonchev–Trinajstić information content (AvgIpc) is 2.68. The molecule has 3 saturated carbocycles. The quantitative estimate of drug-likeness (QED) is 0.682. The minimum Gasteiger partial charge on any atom is -0.348 e. The van der Waals surface area contributed by atoms with E-state index in [1.165, 1.54) is 0 Å². The van der Waals surface area contributed by atoms with E-state index in [0.29, 0.717) is 5.92 Å². The van der Waals surface area contributed by atoms with Gasteiger partial charge < -0.3 is 10.6 Å². The van der Waals surface area contributed by atoms with Gasteiger partial charge in [0.1, 0.15) is 11.6 Å². The molecule has 1 aromatic rings. The van der Waals surface area contributed by atoms with E-state index in [1.54, 1.807) is 0 Å². The third kappa shape index (κ3) is 3.05. The van der Waals surface area contributed by atoms with Gasteiger partial charge in [0.25, 0.3) is 0 Å². The van der Waals surface area contributed by atoms with Gasteiger partial charge in [0.2, 0.25) is 11.8 Å². The Morgan fingerprint density at radius 1 is 1.26 bits per heavy atom. The van der Waals surface area contributed by atoms with E-state index in [4.69, 9.17) is 11.6 Å². The van der Waals surface area contributed by atoms with Crippen molar-refractivity contribution in [2.45, 2.75) is 31.7 Å². The van der Waals surface area contributed by atoms with Crippen molar-refractivity contribution in [1.82, 2.24) is 16.0 Å². The highest BCUT2D eigenvalue weighted by atomic mass is 35.5. The number of imide groups is 1.